The summed E-state index contributed by atoms with van der Waals surface area (Å²) >= 11 is 0. The maximum Gasteiger partial charge on any atom is 0.145 e. The van der Waals surface area contributed by atoms with Gasteiger partial charge in [0, 0.05) is 27.6 Å². The van der Waals surface area contributed by atoms with Crippen molar-refractivity contribution < 1.29 is 0 Å². The first-order chi connectivity index (χ1) is 29.2. The molecule has 9 aromatic carbocycles. The highest BCUT2D eigenvalue weighted by molar-refractivity contribution is 6.16. The van der Waals surface area contributed by atoms with E-state index in [1.54, 1.807) is 0 Å². The third-order valence-corrected chi connectivity index (χ3v) is 11.4. The zero-order valence-electron chi connectivity index (χ0n) is 32.2. The average molecular weight is 752 g/mol. The summed E-state index contributed by atoms with van der Waals surface area (Å²) in [5, 5.41) is 3.42. The predicted octanol–water partition coefficient (Wildman–Crippen LogP) is 14.7. The van der Waals surface area contributed by atoms with E-state index >= 15 is 0 Å². The number of para-hydroxylation sites is 3. The lowest BCUT2D eigenvalue weighted by atomic mass is 9.90. The molecule has 0 fully saturated rings. The van der Waals surface area contributed by atoms with Gasteiger partial charge in [-0.2, -0.15) is 0 Å². The molecule has 0 N–H and O–H groups in total. The lowest BCUT2D eigenvalue weighted by molar-refractivity contribution is 1.10. The molecule has 11 aromatic rings. The van der Waals surface area contributed by atoms with E-state index in [0.717, 1.165) is 66.8 Å². The summed E-state index contributed by atoms with van der Waals surface area (Å²) < 4.78 is 2.25. The molecule has 2 aromatic heterocycles. The molecule has 0 aliphatic rings. The fourth-order valence-electron chi connectivity index (χ4n) is 8.47. The second-order valence-electron chi connectivity index (χ2n) is 15.0. The Morgan fingerprint density at radius 1 is 0.305 bits per heavy atom. The van der Waals surface area contributed by atoms with Gasteiger partial charge in [0.15, 0.2) is 0 Å². The molecule has 2 heterocycles. The fraction of sp³-hybridized carbons (Fsp3) is 0. The molecule has 0 aliphatic carbocycles. The van der Waals surface area contributed by atoms with Crippen LogP contribution >= 0.6 is 0 Å². The summed E-state index contributed by atoms with van der Waals surface area (Å²) in [5.74, 6) is 0.912. The maximum absolute atomic E-state index is 5.47. The topological polar surface area (TPSA) is 30.7 Å². The number of hydrogen-bond acceptors (Lipinski definition) is 2. The summed E-state index contributed by atoms with van der Waals surface area (Å²) in [7, 11) is 0. The van der Waals surface area contributed by atoms with Crippen LogP contribution in [0.15, 0.2) is 224 Å². The summed E-state index contributed by atoms with van der Waals surface area (Å²) in [6.07, 6.45) is 0. The van der Waals surface area contributed by atoms with E-state index in [2.05, 4.69) is 229 Å². The van der Waals surface area contributed by atoms with Crippen LogP contribution in [0.3, 0.4) is 0 Å². The Morgan fingerprint density at radius 3 is 1.39 bits per heavy atom. The number of rotatable bonds is 7. The predicted molar refractivity (Wildman–Crippen MR) is 246 cm³/mol. The van der Waals surface area contributed by atoms with Gasteiger partial charge in [-0.3, -0.25) is 4.57 Å². The Bertz CT molecular complexity index is 3260. The summed E-state index contributed by atoms with van der Waals surface area (Å²) in [4.78, 5) is 10.6. The molecular weight excluding hydrogens is 715 g/mol. The minimum absolute atomic E-state index is 0.912. The Balaban J connectivity index is 1.09. The van der Waals surface area contributed by atoms with Crippen LogP contribution in [0.25, 0.3) is 106 Å². The fourth-order valence-corrected chi connectivity index (χ4v) is 8.47. The first-order valence-corrected chi connectivity index (χ1v) is 20.1. The molecule has 0 amide bonds. The van der Waals surface area contributed by atoms with Gasteiger partial charge < -0.3 is 0 Å². The van der Waals surface area contributed by atoms with Crippen molar-refractivity contribution in [3.8, 4) is 72.8 Å². The van der Waals surface area contributed by atoms with Gasteiger partial charge in [-0.1, -0.05) is 188 Å². The molecule has 3 heteroatoms. The SMILES string of the molecule is c1ccc(-c2ccc(-c3cc(-c4ccc(-c5nc6ccccc6n5-c5ccccc5)cc4)c4cc(-c5ccc(-c6ccccc6)cc5)c5ccccc5c4n3)cc2)cc1. The van der Waals surface area contributed by atoms with E-state index in [4.69, 9.17) is 9.97 Å². The Morgan fingerprint density at radius 2 is 0.763 bits per heavy atom. The number of aromatic nitrogens is 3. The quantitative estimate of drug-likeness (QED) is 0.152. The van der Waals surface area contributed by atoms with E-state index < -0.39 is 0 Å². The van der Waals surface area contributed by atoms with Crippen molar-refractivity contribution in [3.05, 3.63) is 224 Å². The van der Waals surface area contributed by atoms with Crippen LogP contribution in [0, 0.1) is 0 Å². The van der Waals surface area contributed by atoms with Gasteiger partial charge in [0.05, 0.1) is 22.2 Å². The van der Waals surface area contributed by atoms with Crippen molar-refractivity contribution in [2.45, 2.75) is 0 Å². The lowest BCUT2D eigenvalue weighted by Crippen LogP contribution is -1.97. The van der Waals surface area contributed by atoms with Crippen LogP contribution in [-0.4, -0.2) is 14.5 Å². The molecule has 0 atom stereocenters. The number of hydrogen-bond donors (Lipinski definition) is 0. The Hall–Kier alpha value is -7.88. The van der Waals surface area contributed by atoms with Gasteiger partial charge in [0.25, 0.3) is 0 Å². The van der Waals surface area contributed by atoms with E-state index in [-0.39, 0.29) is 0 Å². The van der Waals surface area contributed by atoms with Crippen LogP contribution in [-0.2, 0) is 0 Å². The summed E-state index contributed by atoms with van der Waals surface area (Å²) in [5.41, 5.74) is 16.6. The molecule has 11 rings (SSSR count). The summed E-state index contributed by atoms with van der Waals surface area (Å²) in [6, 6.07) is 79.9. The first kappa shape index (κ1) is 34.4. The van der Waals surface area contributed by atoms with Crippen molar-refractivity contribution in [1.82, 2.24) is 14.5 Å². The lowest BCUT2D eigenvalue weighted by Gasteiger charge is -2.16. The molecule has 276 valence electrons. The number of benzene rings is 9. The summed E-state index contributed by atoms with van der Waals surface area (Å²) in [6.45, 7) is 0. The zero-order chi connectivity index (χ0) is 39.1. The van der Waals surface area contributed by atoms with Gasteiger partial charge in [-0.25, -0.2) is 9.97 Å². The monoisotopic (exact) mass is 751 g/mol. The first-order valence-electron chi connectivity index (χ1n) is 20.1. The third-order valence-electron chi connectivity index (χ3n) is 11.4. The zero-order valence-corrected chi connectivity index (χ0v) is 32.2. The van der Waals surface area contributed by atoms with Crippen molar-refractivity contribution in [3.63, 3.8) is 0 Å². The molecule has 3 nitrogen and oxygen atoms in total. The molecule has 0 unspecified atom stereocenters. The van der Waals surface area contributed by atoms with Crippen molar-refractivity contribution in [1.29, 1.82) is 0 Å². The Kier molecular flexibility index (Phi) is 8.49. The van der Waals surface area contributed by atoms with Gasteiger partial charge in [0.1, 0.15) is 5.82 Å². The van der Waals surface area contributed by atoms with Crippen molar-refractivity contribution in [2.75, 3.05) is 0 Å². The van der Waals surface area contributed by atoms with E-state index in [1.165, 1.54) is 38.8 Å². The van der Waals surface area contributed by atoms with Crippen LogP contribution in [0.5, 0.6) is 0 Å². The highest BCUT2D eigenvalue weighted by Crippen LogP contribution is 2.41. The van der Waals surface area contributed by atoms with Crippen molar-refractivity contribution in [2.24, 2.45) is 0 Å². The number of pyridine rings is 1. The van der Waals surface area contributed by atoms with Crippen LogP contribution in [0.2, 0.25) is 0 Å². The molecule has 0 saturated heterocycles. The van der Waals surface area contributed by atoms with E-state index in [9.17, 15) is 0 Å². The minimum atomic E-state index is 0.912. The molecule has 0 aliphatic heterocycles. The average Bonchev–Trinajstić information content (AvgIpc) is 3.72. The van der Waals surface area contributed by atoms with Crippen LogP contribution in [0.1, 0.15) is 0 Å². The van der Waals surface area contributed by atoms with Gasteiger partial charge >= 0.3 is 0 Å². The molecular formula is C56H37N3. The molecule has 59 heavy (non-hydrogen) atoms. The highest BCUT2D eigenvalue weighted by atomic mass is 15.1. The molecule has 0 saturated carbocycles. The maximum atomic E-state index is 5.47. The van der Waals surface area contributed by atoms with Gasteiger partial charge in [-0.15, -0.1) is 0 Å². The van der Waals surface area contributed by atoms with E-state index in [1.807, 2.05) is 0 Å². The number of nitrogens with zero attached hydrogens (tertiary/aromatic N) is 3. The molecule has 0 spiro atoms. The van der Waals surface area contributed by atoms with Gasteiger partial charge in [-0.05, 0) is 86.3 Å². The normalized spacial score (nSPS) is 11.4. The van der Waals surface area contributed by atoms with Gasteiger partial charge in [0.2, 0.25) is 0 Å². The Labute approximate surface area is 343 Å². The van der Waals surface area contributed by atoms with E-state index in [0.29, 0.717) is 0 Å². The second-order valence-corrected chi connectivity index (χ2v) is 15.0. The standard InChI is InChI=1S/C56H37N3/c1-4-14-38(15-5-1)40-24-28-42(29-25-40)49-36-51-50(43-30-34-45(35-31-43)56-58-52-22-12-13-23-54(52)59(56)46-18-8-3-9-19-46)37-53(57-55(51)48-21-11-10-20-47(48)49)44-32-26-41(27-33-44)39-16-6-2-7-17-39/h1-37H. The second kappa shape index (κ2) is 14.6. The minimum Gasteiger partial charge on any atom is -0.292 e. The third kappa shape index (κ3) is 6.26. The smallest absolute Gasteiger partial charge is 0.145 e. The van der Waals surface area contributed by atoms with Crippen molar-refractivity contribution >= 4 is 32.7 Å². The van der Waals surface area contributed by atoms with Crippen LogP contribution < -0.4 is 0 Å². The number of fused-ring (bicyclic) bond motifs is 4. The highest BCUT2D eigenvalue weighted by Gasteiger charge is 2.18. The van der Waals surface area contributed by atoms with Crippen LogP contribution in [0.4, 0.5) is 0 Å². The number of imidazole rings is 1. The molecule has 0 radical (unpaired) electrons. The largest absolute Gasteiger partial charge is 0.292 e. The molecule has 0 bridgehead atoms.